The first-order valence-electron chi connectivity index (χ1n) is 9.93. The molecule has 0 N–H and O–H groups in total. The van der Waals surface area contributed by atoms with Crippen molar-refractivity contribution < 1.29 is 18.7 Å². The van der Waals surface area contributed by atoms with Gasteiger partial charge in [0.1, 0.15) is 11.8 Å². The van der Waals surface area contributed by atoms with Crippen molar-refractivity contribution in [2.45, 2.75) is 38.6 Å². The summed E-state index contributed by atoms with van der Waals surface area (Å²) in [5, 5.41) is 5.94. The third-order valence-corrected chi connectivity index (χ3v) is 5.36. The zero-order valence-electron chi connectivity index (χ0n) is 16.4. The standard InChI is InChI=1S/C23H24N2O4/c1-16-9-11-17(12-10-16)19-14-20(21-8-5-13-28-21)25(24-19)22(26)15-29-23(27)18-6-3-2-4-7-18/h2-3,5,8-13,18,20H,4,6-7,14-15H2,1H3/t18-,20-/m0/s1. The first-order valence-corrected chi connectivity index (χ1v) is 9.93. The molecule has 0 saturated carbocycles. The number of benzene rings is 1. The summed E-state index contributed by atoms with van der Waals surface area (Å²) < 4.78 is 10.9. The number of hydrogen-bond donors (Lipinski definition) is 0. The van der Waals surface area contributed by atoms with E-state index in [0.717, 1.165) is 29.7 Å². The molecule has 1 aliphatic heterocycles. The Hall–Kier alpha value is -3.15. The van der Waals surface area contributed by atoms with E-state index in [4.69, 9.17) is 9.15 Å². The van der Waals surface area contributed by atoms with Gasteiger partial charge >= 0.3 is 5.97 Å². The highest BCUT2D eigenvalue weighted by molar-refractivity contribution is 6.03. The molecule has 2 aromatic rings. The van der Waals surface area contributed by atoms with E-state index in [1.54, 1.807) is 12.3 Å². The molecule has 2 aliphatic rings. The van der Waals surface area contributed by atoms with E-state index in [2.05, 4.69) is 11.2 Å². The lowest BCUT2D eigenvalue weighted by molar-refractivity contribution is -0.156. The quantitative estimate of drug-likeness (QED) is 0.566. The molecule has 150 valence electrons. The van der Waals surface area contributed by atoms with E-state index < -0.39 is 0 Å². The number of amides is 1. The van der Waals surface area contributed by atoms with Gasteiger partial charge in [0.05, 0.1) is 17.9 Å². The smallest absolute Gasteiger partial charge is 0.309 e. The van der Waals surface area contributed by atoms with Crippen LogP contribution in [0.5, 0.6) is 0 Å². The van der Waals surface area contributed by atoms with Gasteiger partial charge in [-0.2, -0.15) is 5.10 Å². The van der Waals surface area contributed by atoms with Gasteiger partial charge in [0.2, 0.25) is 0 Å². The minimum absolute atomic E-state index is 0.168. The van der Waals surface area contributed by atoms with Crippen LogP contribution in [0.25, 0.3) is 0 Å². The predicted molar refractivity (Wildman–Crippen MR) is 108 cm³/mol. The average molecular weight is 392 g/mol. The van der Waals surface area contributed by atoms with Gasteiger partial charge in [0.25, 0.3) is 5.91 Å². The minimum Gasteiger partial charge on any atom is -0.467 e. The Morgan fingerprint density at radius 2 is 2.03 bits per heavy atom. The van der Waals surface area contributed by atoms with E-state index in [9.17, 15) is 9.59 Å². The molecule has 0 fully saturated rings. The molecule has 4 rings (SSSR count). The van der Waals surface area contributed by atoms with Crippen LogP contribution in [0.2, 0.25) is 0 Å². The summed E-state index contributed by atoms with van der Waals surface area (Å²) in [6.45, 7) is 1.71. The zero-order chi connectivity index (χ0) is 20.2. The van der Waals surface area contributed by atoms with Crippen molar-refractivity contribution in [2.24, 2.45) is 11.0 Å². The molecule has 0 spiro atoms. The molecule has 6 nitrogen and oxygen atoms in total. The van der Waals surface area contributed by atoms with Gasteiger partial charge < -0.3 is 9.15 Å². The lowest BCUT2D eigenvalue weighted by atomic mass is 9.95. The molecule has 1 amide bonds. The number of rotatable bonds is 5. The number of carbonyl (C=O) groups excluding carboxylic acids is 2. The molecular formula is C23H24N2O4. The number of hydrogen-bond acceptors (Lipinski definition) is 5. The third kappa shape index (κ3) is 4.31. The molecule has 1 aromatic carbocycles. The van der Waals surface area contributed by atoms with E-state index in [1.165, 1.54) is 5.01 Å². The van der Waals surface area contributed by atoms with Crippen LogP contribution < -0.4 is 0 Å². The van der Waals surface area contributed by atoms with Crippen LogP contribution >= 0.6 is 0 Å². The summed E-state index contributed by atoms with van der Waals surface area (Å²) in [5.74, 6) is -0.181. The van der Waals surface area contributed by atoms with E-state index in [0.29, 0.717) is 18.6 Å². The minimum atomic E-state index is -0.354. The van der Waals surface area contributed by atoms with Crippen molar-refractivity contribution >= 4 is 17.6 Å². The first-order chi connectivity index (χ1) is 14.1. The monoisotopic (exact) mass is 392 g/mol. The molecule has 2 atom stereocenters. The summed E-state index contributed by atoms with van der Waals surface area (Å²) in [6.07, 6.45) is 8.48. The van der Waals surface area contributed by atoms with Gasteiger partial charge in [0, 0.05) is 6.42 Å². The van der Waals surface area contributed by atoms with Crippen LogP contribution in [-0.2, 0) is 14.3 Å². The molecule has 0 unspecified atom stereocenters. The Labute approximate surface area is 169 Å². The fourth-order valence-electron chi connectivity index (χ4n) is 3.69. The number of allylic oxidation sites excluding steroid dienone is 2. The van der Waals surface area contributed by atoms with Gasteiger partial charge in [0.15, 0.2) is 6.61 Å². The first kappa shape index (κ1) is 19.2. The normalized spacial score (nSPS) is 21.1. The van der Waals surface area contributed by atoms with Crippen LogP contribution in [-0.4, -0.2) is 29.2 Å². The number of esters is 1. The van der Waals surface area contributed by atoms with Gasteiger partial charge in [-0.05, 0) is 43.9 Å². The number of aryl methyl sites for hydroxylation is 1. The highest BCUT2D eigenvalue weighted by atomic mass is 16.5. The van der Waals surface area contributed by atoms with E-state index in [1.807, 2.05) is 43.3 Å². The lowest BCUT2D eigenvalue weighted by Gasteiger charge is -2.21. The molecule has 2 heterocycles. The SMILES string of the molecule is Cc1ccc(C2=NN(C(=O)COC(=O)[C@H]3CC=CCC3)[C@H](c3ccco3)C2)cc1. The second kappa shape index (κ2) is 8.47. The highest BCUT2D eigenvalue weighted by Crippen LogP contribution is 2.33. The number of nitrogens with zero attached hydrogens (tertiary/aromatic N) is 2. The molecule has 1 aromatic heterocycles. The van der Waals surface area contributed by atoms with Crippen molar-refractivity contribution in [2.75, 3.05) is 6.61 Å². The lowest BCUT2D eigenvalue weighted by Crippen LogP contribution is -2.32. The summed E-state index contributed by atoms with van der Waals surface area (Å²) in [6, 6.07) is 11.3. The zero-order valence-corrected chi connectivity index (χ0v) is 16.4. The Bertz CT molecular complexity index is 928. The fraction of sp³-hybridized carbons (Fsp3) is 0.348. The topological polar surface area (TPSA) is 72.1 Å². The predicted octanol–water partition coefficient (Wildman–Crippen LogP) is 4.17. The summed E-state index contributed by atoms with van der Waals surface area (Å²) in [7, 11) is 0. The van der Waals surface area contributed by atoms with Crippen LogP contribution in [0.4, 0.5) is 0 Å². The van der Waals surface area contributed by atoms with Crippen LogP contribution in [0, 0.1) is 12.8 Å². The molecule has 1 aliphatic carbocycles. The molecule has 0 radical (unpaired) electrons. The fourth-order valence-corrected chi connectivity index (χ4v) is 3.69. The van der Waals surface area contributed by atoms with Gasteiger partial charge in [-0.15, -0.1) is 0 Å². The van der Waals surface area contributed by atoms with Gasteiger partial charge in [-0.25, -0.2) is 5.01 Å². The number of carbonyl (C=O) groups is 2. The van der Waals surface area contributed by atoms with Crippen LogP contribution in [0.1, 0.15) is 48.6 Å². The largest absolute Gasteiger partial charge is 0.467 e. The Balaban J connectivity index is 1.48. The second-order valence-corrected chi connectivity index (χ2v) is 7.48. The maximum Gasteiger partial charge on any atom is 0.309 e. The Morgan fingerprint density at radius 3 is 2.72 bits per heavy atom. The molecule has 0 saturated heterocycles. The van der Waals surface area contributed by atoms with Crippen molar-refractivity contribution in [3.05, 3.63) is 71.7 Å². The number of ether oxygens (including phenoxy) is 1. The summed E-state index contributed by atoms with van der Waals surface area (Å²) >= 11 is 0. The maximum atomic E-state index is 12.9. The van der Waals surface area contributed by atoms with E-state index in [-0.39, 0.29) is 30.4 Å². The summed E-state index contributed by atoms with van der Waals surface area (Å²) in [5.41, 5.74) is 2.93. The van der Waals surface area contributed by atoms with Crippen molar-refractivity contribution in [1.29, 1.82) is 0 Å². The van der Waals surface area contributed by atoms with Crippen molar-refractivity contribution in [3.8, 4) is 0 Å². The van der Waals surface area contributed by atoms with Gasteiger partial charge in [-0.3, -0.25) is 9.59 Å². The summed E-state index contributed by atoms with van der Waals surface area (Å²) in [4.78, 5) is 25.1. The van der Waals surface area contributed by atoms with E-state index >= 15 is 0 Å². The third-order valence-electron chi connectivity index (χ3n) is 5.36. The number of hydrazone groups is 1. The van der Waals surface area contributed by atoms with Crippen LogP contribution in [0.15, 0.2) is 64.3 Å². The average Bonchev–Trinajstić information content (AvgIpc) is 3.43. The molecule has 0 bridgehead atoms. The second-order valence-electron chi connectivity index (χ2n) is 7.48. The molecule has 29 heavy (non-hydrogen) atoms. The number of furan rings is 1. The Kier molecular flexibility index (Phi) is 5.60. The maximum absolute atomic E-state index is 12.9. The van der Waals surface area contributed by atoms with Gasteiger partial charge in [-0.1, -0.05) is 42.0 Å². The Morgan fingerprint density at radius 1 is 1.21 bits per heavy atom. The van der Waals surface area contributed by atoms with Crippen molar-refractivity contribution in [1.82, 2.24) is 5.01 Å². The molecular weight excluding hydrogens is 368 g/mol. The highest BCUT2D eigenvalue weighted by Gasteiger charge is 2.35. The van der Waals surface area contributed by atoms with Crippen LogP contribution in [0.3, 0.4) is 0 Å². The molecule has 6 heteroatoms. The van der Waals surface area contributed by atoms with Crippen molar-refractivity contribution in [3.63, 3.8) is 0 Å².